The van der Waals surface area contributed by atoms with E-state index >= 15 is 0 Å². The summed E-state index contributed by atoms with van der Waals surface area (Å²) < 4.78 is 23.2. The second-order valence-electron chi connectivity index (χ2n) is 5.14. The first-order valence-electron chi connectivity index (χ1n) is 5.17. The molecular weight excluding hydrogens is 208 g/mol. The van der Waals surface area contributed by atoms with Crippen molar-refractivity contribution in [2.75, 3.05) is 5.75 Å². The molecule has 0 fully saturated rings. The molecule has 0 bridgehead atoms. The highest BCUT2D eigenvalue weighted by Crippen LogP contribution is 2.30. The van der Waals surface area contributed by atoms with Gasteiger partial charge in [-0.1, -0.05) is 32.9 Å². The number of fused-ring (bicyclic) bond motifs is 1. The second-order valence-corrected chi connectivity index (χ2v) is 7.22. The van der Waals surface area contributed by atoms with E-state index in [1.54, 1.807) is 6.07 Å². The molecule has 0 N–H and O–H groups in total. The molecule has 15 heavy (non-hydrogen) atoms. The molecule has 0 saturated carbocycles. The van der Waals surface area contributed by atoms with Gasteiger partial charge in [-0.3, -0.25) is 0 Å². The van der Waals surface area contributed by atoms with Crippen molar-refractivity contribution >= 4 is 9.84 Å². The average Bonchev–Trinajstić information content (AvgIpc) is 2.41. The summed E-state index contributed by atoms with van der Waals surface area (Å²) in [6.07, 6.45) is 0.668. The van der Waals surface area contributed by atoms with E-state index in [0.29, 0.717) is 11.3 Å². The van der Waals surface area contributed by atoms with E-state index in [-0.39, 0.29) is 11.2 Å². The van der Waals surface area contributed by atoms with Crippen LogP contribution in [0, 0.1) is 0 Å². The van der Waals surface area contributed by atoms with Crippen molar-refractivity contribution in [1.82, 2.24) is 0 Å². The summed E-state index contributed by atoms with van der Waals surface area (Å²) in [5.74, 6) is 0.274. The maximum atomic E-state index is 11.6. The third kappa shape index (κ3) is 1.81. The minimum Gasteiger partial charge on any atom is -0.224 e. The molecule has 0 spiro atoms. The van der Waals surface area contributed by atoms with Crippen LogP contribution in [-0.2, 0) is 21.7 Å². The molecule has 1 aromatic rings. The van der Waals surface area contributed by atoms with Gasteiger partial charge in [-0.25, -0.2) is 8.42 Å². The molecule has 0 amide bonds. The van der Waals surface area contributed by atoms with Gasteiger partial charge in [0.15, 0.2) is 9.84 Å². The Balaban J connectivity index is 2.56. The van der Waals surface area contributed by atoms with E-state index < -0.39 is 9.84 Å². The van der Waals surface area contributed by atoms with Crippen molar-refractivity contribution in [3.05, 3.63) is 29.3 Å². The van der Waals surface area contributed by atoms with Crippen LogP contribution < -0.4 is 0 Å². The minimum atomic E-state index is -2.97. The number of hydrogen-bond acceptors (Lipinski definition) is 2. The summed E-state index contributed by atoms with van der Waals surface area (Å²) in [4.78, 5) is 0.538. The van der Waals surface area contributed by atoms with E-state index in [9.17, 15) is 8.42 Å². The van der Waals surface area contributed by atoms with Crippen LogP contribution in [0.3, 0.4) is 0 Å². The van der Waals surface area contributed by atoms with Crippen LogP contribution >= 0.6 is 0 Å². The number of rotatable bonds is 0. The zero-order valence-electron chi connectivity index (χ0n) is 9.37. The third-order valence-electron chi connectivity index (χ3n) is 2.90. The van der Waals surface area contributed by atoms with Crippen LogP contribution in [-0.4, -0.2) is 14.2 Å². The van der Waals surface area contributed by atoms with Gasteiger partial charge in [-0.2, -0.15) is 0 Å². The zero-order chi connectivity index (χ0) is 11.3. The third-order valence-corrected chi connectivity index (χ3v) is 4.71. The fourth-order valence-electron chi connectivity index (χ4n) is 1.90. The highest BCUT2D eigenvalue weighted by molar-refractivity contribution is 7.91. The quantitative estimate of drug-likeness (QED) is 0.677. The molecule has 82 valence electrons. The zero-order valence-corrected chi connectivity index (χ0v) is 10.2. The first-order chi connectivity index (χ1) is 6.81. The Morgan fingerprint density at radius 1 is 1.20 bits per heavy atom. The topological polar surface area (TPSA) is 34.1 Å². The number of aryl methyl sites for hydroxylation is 1. The summed E-state index contributed by atoms with van der Waals surface area (Å²) in [5, 5.41) is 0. The van der Waals surface area contributed by atoms with Crippen molar-refractivity contribution < 1.29 is 8.42 Å². The SMILES string of the molecule is CC(C)(C)c1ccc2c(c1)CCS2(=O)=O. The molecule has 0 aromatic heterocycles. The molecule has 1 aromatic carbocycles. The second kappa shape index (κ2) is 3.08. The predicted octanol–water partition coefficient (Wildman–Crippen LogP) is 2.31. The molecule has 0 aliphatic carbocycles. The first kappa shape index (κ1) is 10.7. The predicted molar refractivity (Wildman–Crippen MR) is 60.9 cm³/mol. The highest BCUT2D eigenvalue weighted by Gasteiger charge is 2.27. The monoisotopic (exact) mass is 224 g/mol. The standard InChI is InChI=1S/C12H16O2S/c1-12(2,3)10-4-5-11-9(8-10)6-7-15(11,13)14/h4-5,8H,6-7H2,1-3H3. The molecular formula is C12H16O2S. The van der Waals surface area contributed by atoms with E-state index in [1.165, 1.54) is 5.56 Å². The van der Waals surface area contributed by atoms with E-state index in [4.69, 9.17) is 0 Å². The van der Waals surface area contributed by atoms with Crippen molar-refractivity contribution in [2.24, 2.45) is 0 Å². The van der Waals surface area contributed by atoms with Crippen LogP contribution in [0.1, 0.15) is 31.9 Å². The van der Waals surface area contributed by atoms with Crippen molar-refractivity contribution in [1.29, 1.82) is 0 Å². The van der Waals surface area contributed by atoms with Crippen molar-refractivity contribution in [3.8, 4) is 0 Å². The summed E-state index contributed by atoms with van der Waals surface area (Å²) in [6.45, 7) is 6.41. The lowest BCUT2D eigenvalue weighted by molar-refractivity contribution is 0.587. The van der Waals surface area contributed by atoms with E-state index in [1.807, 2.05) is 12.1 Å². The van der Waals surface area contributed by atoms with Crippen LogP contribution in [0.5, 0.6) is 0 Å². The molecule has 1 aliphatic heterocycles. The van der Waals surface area contributed by atoms with Crippen molar-refractivity contribution in [2.45, 2.75) is 37.5 Å². The minimum absolute atomic E-state index is 0.0847. The van der Waals surface area contributed by atoms with Gasteiger partial charge in [0.25, 0.3) is 0 Å². The van der Waals surface area contributed by atoms with Crippen LogP contribution in [0.15, 0.2) is 23.1 Å². The van der Waals surface area contributed by atoms with Crippen LogP contribution in [0.25, 0.3) is 0 Å². The largest absolute Gasteiger partial charge is 0.224 e. The molecule has 1 heterocycles. The molecule has 0 radical (unpaired) electrons. The smallest absolute Gasteiger partial charge is 0.178 e. The number of benzene rings is 1. The van der Waals surface area contributed by atoms with Gasteiger partial charge in [0.1, 0.15) is 0 Å². The summed E-state index contributed by atoms with van der Waals surface area (Å²) in [6, 6.07) is 5.74. The van der Waals surface area contributed by atoms with Gasteiger partial charge < -0.3 is 0 Å². The molecule has 2 nitrogen and oxygen atoms in total. The fraction of sp³-hybridized carbons (Fsp3) is 0.500. The first-order valence-corrected chi connectivity index (χ1v) is 6.82. The Morgan fingerprint density at radius 3 is 2.47 bits per heavy atom. The highest BCUT2D eigenvalue weighted by atomic mass is 32.2. The van der Waals surface area contributed by atoms with Gasteiger partial charge in [0, 0.05) is 0 Å². The van der Waals surface area contributed by atoms with E-state index in [0.717, 1.165) is 5.56 Å². The average molecular weight is 224 g/mol. The van der Waals surface area contributed by atoms with E-state index in [2.05, 4.69) is 20.8 Å². The Morgan fingerprint density at radius 2 is 1.87 bits per heavy atom. The Labute approximate surface area is 91.2 Å². The number of hydrogen-bond donors (Lipinski definition) is 0. The van der Waals surface area contributed by atoms with Crippen LogP contribution in [0.2, 0.25) is 0 Å². The van der Waals surface area contributed by atoms with Gasteiger partial charge in [-0.15, -0.1) is 0 Å². The van der Waals surface area contributed by atoms with Gasteiger partial charge in [0.2, 0.25) is 0 Å². The van der Waals surface area contributed by atoms with Gasteiger partial charge >= 0.3 is 0 Å². The Kier molecular flexibility index (Phi) is 2.19. The van der Waals surface area contributed by atoms with Crippen LogP contribution in [0.4, 0.5) is 0 Å². The Hall–Kier alpha value is -0.830. The maximum absolute atomic E-state index is 11.6. The molecule has 0 saturated heterocycles. The lowest BCUT2D eigenvalue weighted by atomic mass is 9.86. The maximum Gasteiger partial charge on any atom is 0.178 e. The van der Waals surface area contributed by atoms with Crippen molar-refractivity contribution in [3.63, 3.8) is 0 Å². The summed E-state index contributed by atoms with van der Waals surface area (Å²) >= 11 is 0. The molecule has 0 atom stereocenters. The molecule has 2 rings (SSSR count). The molecule has 0 unspecified atom stereocenters. The summed E-state index contributed by atoms with van der Waals surface area (Å²) in [7, 11) is -2.97. The summed E-state index contributed by atoms with van der Waals surface area (Å²) in [5.41, 5.74) is 2.28. The molecule has 1 aliphatic rings. The van der Waals surface area contributed by atoms with Gasteiger partial charge in [-0.05, 0) is 29.0 Å². The molecule has 3 heteroatoms. The Bertz CT molecular complexity index is 493. The van der Waals surface area contributed by atoms with Gasteiger partial charge in [0.05, 0.1) is 10.6 Å². The number of sulfone groups is 1. The normalized spacial score (nSPS) is 18.9. The lowest BCUT2D eigenvalue weighted by Crippen LogP contribution is -2.11. The fourth-order valence-corrected chi connectivity index (χ4v) is 3.44. The lowest BCUT2D eigenvalue weighted by Gasteiger charge is -2.19.